The zero-order valence-corrected chi connectivity index (χ0v) is 15.5. The van der Waals surface area contributed by atoms with Gasteiger partial charge in [0.1, 0.15) is 4.21 Å². The second-order valence-electron chi connectivity index (χ2n) is 5.92. The lowest BCUT2D eigenvalue weighted by Gasteiger charge is -2.32. The summed E-state index contributed by atoms with van der Waals surface area (Å²) >= 11 is 1.39. The highest BCUT2D eigenvalue weighted by Gasteiger charge is 2.36. The lowest BCUT2D eigenvalue weighted by Crippen LogP contribution is -2.49. The molecule has 3 heterocycles. The van der Waals surface area contributed by atoms with Crippen molar-refractivity contribution in [2.75, 3.05) is 39.3 Å². The molecule has 0 aromatic carbocycles. The van der Waals surface area contributed by atoms with Crippen LogP contribution in [0.25, 0.3) is 0 Å². The molecule has 0 radical (unpaired) electrons. The molecule has 5 nitrogen and oxygen atoms in total. The Hall–Kier alpha value is -0.180. The van der Waals surface area contributed by atoms with Crippen LogP contribution in [0.1, 0.15) is 16.9 Å². The lowest BCUT2D eigenvalue weighted by atomic mass is 10.2. The van der Waals surface area contributed by atoms with Crippen molar-refractivity contribution in [1.82, 2.24) is 14.5 Å². The van der Waals surface area contributed by atoms with E-state index in [0.717, 1.165) is 43.0 Å². The Labute approximate surface area is 143 Å². The smallest absolute Gasteiger partial charge is 0.252 e. The normalized spacial score (nSPS) is 24.4. The van der Waals surface area contributed by atoms with Gasteiger partial charge in [-0.1, -0.05) is 0 Å². The average Bonchev–Trinajstić information content (AvgIpc) is 3.07. The van der Waals surface area contributed by atoms with E-state index in [1.165, 1.54) is 11.3 Å². The lowest BCUT2D eigenvalue weighted by molar-refractivity contribution is 0.179. The van der Waals surface area contributed by atoms with Crippen molar-refractivity contribution >= 4 is 33.8 Å². The van der Waals surface area contributed by atoms with Crippen LogP contribution in [0, 0.1) is 13.8 Å². The number of sulfonamides is 1. The van der Waals surface area contributed by atoms with Crippen molar-refractivity contribution in [3.05, 3.63) is 16.5 Å². The van der Waals surface area contributed by atoms with E-state index < -0.39 is 10.0 Å². The number of hydrogen-bond acceptors (Lipinski definition) is 5. The molecular weight excluding hydrogens is 342 g/mol. The number of thiophene rings is 1. The summed E-state index contributed by atoms with van der Waals surface area (Å²) in [4.78, 5) is 3.49. The Morgan fingerprint density at radius 3 is 2.50 bits per heavy atom. The molecule has 3 rings (SSSR count). The third-order valence-electron chi connectivity index (χ3n) is 4.36. The quantitative estimate of drug-likeness (QED) is 0.881. The Bertz CT molecular complexity index is 612. The topological polar surface area (TPSA) is 52.7 Å². The van der Waals surface area contributed by atoms with Gasteiger partial charge in [-0.15, -0.1) is 23.7 Å². The highest BCUT2D eigenvalue weighted by Crippen LogP contribution is 2.31. The summed E-state index contributed by atoms with van der Waals surface area (Å²) in [5.41, 5.74) is 0.878. The molecule has 0 aliphatic carbocycles. The molecule has 8 heteroatoms. The predicted octanol–water partition coefficient (Wildman–Crippen LogP) is 1.45. The minimum absolute atomic E-state index is 0. The van der Waals surface area contributed by atoms with Gasteiger partial charge in [0.2, 0.25) is 0 Å². The number of rotatable bonds is 3. The number of nitrogens with zero attached hydrogens (tertiary/aromatic N) is 2. The summed E-state index contributed by atoms with van der Waals surface area (Å²) in [6, 6.07) is 2.34. The van der Waals surface area contributed by atoms with Gasteiger partial charge in [-0.2, -0.15) is 4.31 Å². The predicted molar refractivity (Wildman–Crippen MR) is 92.6 cm³/mol. The molecule has 22 heavy (non-hydrogen) atoms. The summed E-state index contributed by atoms with van der Waals surface area (Å²) in [5.74, 6) is 0. The van der Waals surface area contributed by atoms with Crippen LogP contribution in [0.3, 0.4) is 0 Å². The highest BCUT2D eigenvalue weighted by molar-refractivity contribution is 7.91. The molecule has 0 amide bonds. The van der Waals surface area contributed by atoms with Crippen LogP contribution < -0.4 is 5.32 Å². The van der Waals surface area contributed by atoms with Crippen molar-refractivity contribution in [2.24, 2.45) is 0 Å². The monoisotopic (exact) mass is 365 g/mol. The number of aryl methyl sites for hydroxylation is 2. The molecule has 1 aromatic heterocycles. The molecule has 0 bridgehead atoms. The molecule has 126 valence electrons. The molecule has 2 saturated heterocycles. The fraction of sp³-hybridized carbons (Fsp3) is 0.714. The van der Waals surface area contributed by atoms with Crippen LogP contribution in [-0.4, -0.2) is 62.9 Å². The first-order chi connectivity index (χ1) is 9.98. The van der Waals surface area contributed by atoms with E-state index in [2.05, 4.69) is 10.2 Å². The first-order valence-corrected chi connectivity index (χ1v) is 9.76. The third-order valence-corrected chi connectivity index (χ3v) is 7.99. The number of nitrogens with one attached hydrogen (secondary N) is 1. The van der Waals surface area contributed by atoms with Crippen LogP contribution >= 0.6 is 23.7 Å². The Morgan fingerprint density at radius 2 is 1.91 bits per heavy atom. The van der Waals surface area contributed by atoms with Gasteiger partial charge in [-0.05, 0) is 31.9 Å². The zero-order chi connectivity index (χ0) is 15.0. The van der Waals surface area contributed by atoms with Gasteiger partial charge >= 0.3 is 0 Å². The van der Waals surface area contributed by atoms with E-state index in [1.807, 2.05) is 19.9 Å². The molecule has 1 unspecified atom stereocenters. The Kier molecular flexibility index (Phi) is 5.90. The van der Waals surface area contributed by atoms with E-state index in [0.29, 0.717) is 23.3 Å². The van der Waals surface area contributed by atoms with E-state index in [1.54, 1.807) is 4.31 Å². The van der Waals surface area contributed by atoms with Crippen LogP contribution in [0.5, 0.6) is 0 Å². The maximum Gasteiger partial charge on any atom is 0.252 e. The molecule has 1 aromatic rings. The molecule has 2 aliphatic heterocycles. The van der Waals surface area contributed by atoms with Crippen molar-refractivity contribution in [2.45, 2.75) is 30.5 Å². The van der Waals surface area contributed by atoms with Gasteiger partial charge < -0.3 is 5.32 Å². The highest BCUT2D eigenvalue weighted by atomic mass is 35.5. The van der Waals surface area contributed by atoms with Crippen LogP contribution in [0.15, 0.2) is 10.3 Å². The maximum absolute atomic E-state index is 12.8. The van der Waals surface area contributed by atoms with Gasteiger partial charge in [-0.3, -0.25) is 4.90 Å². The SMILES string of the molecule is Cc1cc(C)c(S(=O)(=O)N2CCC(N3CCNCC3)C2)s1.Cl. The summed E-state index contributed by atoms with van der Waals surface area (Å²) < 4.78 is 27.8. The minimum atomic E-state index is -3.31. The molecule has 2 aliphatic rings. The molecule has 0 spiro atoms. The van der Waals surface area contributed by atoms with Crippen LogP contribution in [-0.2, 0) is 10.0 Å². The van der Waals surface area contributed by atoms with Gasteiger partial charge in [0.25, 0.3) is 10.0 Å². The summed E-state index contributed by atoms with van der Waals surface area (Å²) in [5, 5.41) is 3.34. The first-order valence-electron chi connectivity index (χ1n) is 7.50. The molecule has 2 fully saturated rings. The molecular formula is C14H24ClN3O2S2. The molecule has 0 saturated carbocycles. The van der Waals surface area contributed by atoms with E-state index in [4.69, 9.17) is 0 Å². The second kappa shape index (κ2) is 7.15. The second-order valence-corrected chi connectivity index (χ2v) is 9.31. The Balaban J connectivity index is 0.00000176. The minimum Gasteiger partial charge on any atom is -0.314 e. The molecule has 1 N–H and O–H groups in total. The third kappa shape index (κ3) is 3.49. The van der Waals surface area contributed by atoms with Gasteiger partial charge in [0, 0.05) is 50.2 Å². The standard InChI is InChI=1S/C14H23N3O2S2.ClH/c1-11-9-12(2)20-14(11)21(18,19)17-6-3-13(10-17)16-7-4-15-5-8-16;/h9,13,15H,3-8,10H2,1-2H3;1H. The number of hydrogen-bond donors (Lipinski definition) is 1. The van der Waals surface area contributed by atoms with Crippen molar-refractivity contribution < 1.29 is 8.42 Å². The average molecular weight is 366 g/mol. The Morgan fingerprint density at radius 1 is 1.23 bits per heavy atom. The fourth-order valence-corrected chi connectivity index (χ4v) is 6.56. The zero-order valence-electron chi connectivity index (χ0n) is 13.0. The summed E-state index contributed by atoms with van der Waals surface area (Å²) in [6.07, 6.45) is 0.947. The van der Waals surface area contributed by atoms with Gasteiger partial charge in [0.05, 0.1) is 0 Å². The van der Waals surface area contributed by atoms with Gasteiger partial charge in [-0.25, -0.2) is 8.42 Å². The summed E-state index contributed by atoms with van der Waals surface area (Å²) in [6.45, 7) is 9.20. The van der Waals surface area contributed by atoms with Crippen molar-refractivity contribution in [3.8, 4) is 0 Å². The first kappa shape index (κ1) is 18.2. The largest absolute Gasteiger partial charge is 0.314 e. The van der Waals surface area contributed by atoms with Crippen LogP contribution in [0.2, 0.25) is 0 Å². The fourth-order valence-electron chi connectivity index (χ4n) is 3.27. The summed E-state index contributed by atoms with van der Waals surface area (Å²) in [7, 11) is -3.31. The number of halogens is 1. The van der Waals surface area contributed by atoms with E-state index in [-0.39, 0.29) is 12.4 Å². The van der Waals surface area contributed by atoms with E-state index in [9.17, 15) is 8.42 Å². The van der Waals surface area contributed by atoms with Crippen molar-refractivity contribution in [3.63, 3.8) is 0 Å². The maximum atomic E-state index is 12.8. The van der Waals surface area contributed by atoms with E-state index >= 15 is 0 Å². The molecule has 1 atom stereocenters. The van der Waals surface area contributed by atoms with Gasteiger partial charge in [0.15, 0.2) is 0 Å². The van der Waals surface area contributed by atoms with Crippen LogP contribution in [0.4, 0.5) is 0 Å². The number of piperazine rings is 1. The van der Waals surface area contributed by atoms with Crippen molar-refractivity contribution in [1.29, 1.82) is 0 Å².